The van der Waals surface area contributed by atoms with Gasteiger partial charge in [-0.25, -0.2) is 0 Å². The molecule has 2 nitrogen and oxygen atoms in total. The molecule has 0 aliphatic carbocycles. The third-order valence-corrected chi connectivity index (χ3v) is 37.4. The van der Waals surface area contributed by atoms with Crippen molar-refractivity contribution in [3.63, 3.8) is 0 Å². The van der Waals surface area contributed by atoms with Gasteiger partial charge >= 0.3 is 0 Å². The second-order valence-corrected chi connectivity index (χ2v) is 54.7. The van der Waals surface area contributed by atoms with Crippen LogP contribution in [0.15, 0.2) is 53.2 Å². The van der Waals surface area contributed by atoms with E-state index in [2.05, 4.69) is 186 Å². The summed E-state index contributed by atoms with van der Waals surface area (Å²) in [7, 11) is -9.54. The standard InChI is InChI=1S/C39H74N2Si6/c1-29-24-22-23-25-35(29)40-30(2)26-31(3)41-36-33(38(44(10,11)12)45(13,14)15)27-32(37(42(4,5)6)43(7,8)9)28-34(36)39(46(16,17)18)47(19,20)21/h22-28,37-40H,1-21H3/b30-26+,41-31?. The molecule has 0 amide bonds. The van der Waals surface area contributed by atoms with Crippen molar-refractivity contribution in [2.24, 2.45) is 4.99 Å². The second kappa shape index (κ2) is 14.7. The van der Waals surface area contributed by atoms with Crippen LogP contribution in [-0.2, 0) is 0 Å². The Kier molecular flexibility index (Phi) is 13.1. The number of para-hydroxylation sites is 1. The molecule has 2 aromatic carbocycles. The molecule has 0 bridgehead atoms. The Morgan fingerprint density at radius 2 is 0.936 bits per heavy atom. The van der Waals surface area contributed by atoms with E-state index >= 15 is 0 Å². The van der Waals surface area contributed by atoms with Crippen molar-refractivity contribution < 1.29 is 0 Å². The Labute approximate surface area is 298 Å². The Hall–Kier alpha value is -1.05. The lowest BCUT2D eigenvalue weighted by Gasteiger charge is -2.45. The molecule has 0 saturated heterocycles. The first-order valence-corrected chi connectivity index (χ1v) is 39.6. The predicted molar refractivity (Wildman–Crippen MR) is 236 cm³/mol. The molecular formula is C39H74N2Si6. The highest BCUT2D eigenvalue weighted by Crippen LogP contribution is 2.50. The van der Waals surface area contributed by atoms with Gasteiger partial charge in [-0.15, -0.1) is 0 Å². The molecule has 264 valence electrons. The number of aryl methyl sites for hydroxylation is 1. The van der Waals surface area contributed by atoms with Crippen molar-refractivity contribution in [1.82, 2.24) is 0 Å². The smallest absolute Gasteiger partial charge is 0.0691 e. The molecule has 8 heteroatoms. The van der Waals surface area contributed by atoms with Crippen molar-refractivity contribution in [3.05, 3.63) is 70.4 Å². The van der Waals surface area contributed by atoms with E-state index in [0.717, 1.165) is 11.4 Å². The van der Waals surface area contributed by atoms with Crippen LogP contribution in [0.25, 0.3) is 0 Å². The summed E-state index contributed by atoms with van der Waals surface area (Å²) < 4.78 is 0. The number of anilines is 1. The zero-order chi connectivity index (χ0) is 36.7. The van der Waals surface area contributed by atoms with Gasteiger partial charge in [0.1, 0.15) is 0 Å². The summed E-state index contributed by atoms with van der Waals surface area (Å²) in [6.45, 7) is 53.9. The van der Waals surface area contributed by atoms with Gasteiger partial charge in [0.2, 0.25) is 0 Å². The molecule has 0 fully saturated rings. The maximum absolute atomic E-state index is 5.80. The molecule has 2 rings (SSSR count). The van der Waals surface area contributed by atoms with Gasteiger partial charge in [-0.1, -0.05) is 148 Å². The van der Waals surface area contributed by atoms with Crippen LogP contribution in [0.3, 0.4) is 0 Å². The number of hydrogen-bond acceptors (Lipinski definition) is 2. The van der Waals surface area contributed by atoms with E-state index in [9.17, 15) is 0 Å². The molecule has 47 heavy (non-hydrogen) atoms. The lowest BCUT2D eigenvalue weighted by Crippen LogP contribution is -2.49. The summed E-state index contributed by atoms with van der Waals surface area (Å²) in [5.41, 5.74) is 10.9. The maximum Gasteiger partial charge on any atom is 0.0691 e. The number of allylic oxidation sites excluding steroid dienone is 2. The monoisotopic (exact) mass is 738 g/mol. The van der Waals surface area contributed by atoms with Gasteiger partial charge in [-0.3, -0.25) is 4.99 Å². The SMILES string of the molecule is CC(/C=C(\C)Nc1ccccc1C)=Nc1c(C([Si](C)(C)C)[Si](C)(C)C)cc(C([Si](C)(C)C)[Si](C)(C)C)cc1C([Si](C)(C)C)[Si](C)(C)C. The molecule has 0 saturated carbocycles. The Balaban J connectivity index is 3.23. The van der Waals surface area contributed by atoms with Crippen molar-refractivity contribution in [2.45, 2.75) is 154 Å². The molecule has 2 aromatic rings. The summed E-state index contributed by atoms with van der Waals surface area (Å²) in [5, 5.41) is 5.64. The van der Waals surface area contributed by atoms with E-state index in [0.29, 0.717) is 15.5 Å². The first-order valence-electron chi connectivity index (χ1n) is 18.1. The molecule has 0 atom stereocenters. The van der Waals surface area contributed by atoms with Crippen LogP contribution in [0, 0.1) is 6.92 Å². The van der Waals surface area contributed by atoms with Gasteiger partial charge in [-0.05, 0) is 70.7 Å². The highest BCUT2D eigenvalue weighted by atomic mass is 28.4. The topological polar surface area (TPSA) is 24.4 Å². The Morgan fingerprint density at radius 1 is 0.574 bits per heavy atom. The minimum atomic E-state index is -1.62. The van der Waals surface area contributed by atoms with Gasteiger partial charge in [0.15, 0.2) is 0 Å². The van der Waals surface area contributed by atoms with E-state index in [1.807, 2.05) is 0 Å². The maximum atomic E-state index is 5.80. The number of nitrogens with one attached hydrogen (secondary N) is 1. The molecule has 0 spiro atoms. The van der Waals surface area contributed by atoms with Crippen LogP contribution < -0.4 is 5.32 Å². The average molecular weight is 740 g/mol. The normalized spacial score (nSPS) is 14.9. The molecule has 0 aliphatic rings. The van der Waals surface area contributed by atoms with Crippen molar-refractivity contribution in [3.8, 4) is 0 Å². The molecule has 0 radical (unpaired) electrons. The van der Waals surface area contributed by atoms with Gasteiger partial charge in [0.25, 0.3) is 0 Å². The summed E-state index contributed by atoms with van der Waals surface area (Å²) >= 11 is 0. The van der Waals surface area contributed by atoms with Crippen molar-refractivity contribution >= 4 is 65.5 Å². The fourth-order valence-corrected chi connectivity index (χ4v) is 47.8. The van der Waals surface area contributed by atoms with Gasteiger partial charge in [0.05, 0.1) is 5.69 Å². The summed E-state index contributed by atoms with van der Waals surface area (Å²) in [6.07, 6.45) is 2.27. The zero-order valence-corrected chi connectivity index (χ0v) is 40.7. The predicted octanol–water partition coefficient (Wildman–Crippen LogP) is 13.6. The summed E-state index contributed by atoms with van der Waals surface area (Å²) in [6, 6.07) is 14.1. The van der Waals surface area contributed by atoms with Crippen molar-refractivity contribution in [1.29, 1.82) is 0 Å². The fraction of sp³-hybridized carbons (Fsp3) is 0.615. The van der Waals surface area contributed by atoms with Crippen LogP contribution in [0.5, 0.6) is 0 Å². The minimum absolute atomic E-state index is 0.628. The van der Waals surface area contributed by atoms with Crippen LogP contribution in [0.1, 0.15) is 51.6 Å². The van der Waals surface area contributed by atoms with Crippen LogP contribution in [-0.4, -0.2) is 54.2 Å². The Morgan fingerprint density at radius 3 is 1.28 bits per heavy atom. The highest BCUT2D eigenvalue weighted by molar-refractivity contribution is 6.98. The van der Waals surface area contributed by atoms with E-state index < -0.39 is 48.4 Å². The molecular weight excluding hydrogens is 665 g/mol. The first-order chi connectivity index (χ1) is 20.9. The van der Waals surface area contributed by atoms with Gasteiger partial charge < -0.3 is 5.32 Å². The van der Waals surface area contributed by atoms with E-state index in [4.69, 9.17) is 4.99 Å². The number of aliphatic imine (C=N–C) groups is 1. The van der Waals surface area contributed by atoms with Crippen LogP contribution >= 0.6 is 0 Å². The minimum Gasteiger partial charge on any atom is -0.359 e. The number of hydrogen-bond donors (Lipinski definition) is 1. The Bertz CT molecular complexity index is 1350. The molecule has 0 unspecified atom stereocenters. The molecule has 0 aromatic heterocycles. The second-order valence-electron chi connectivity index (χ2n) is 21.1. The zero-order valence-electron chi connectivity index (χ0n) is 34.7. The van der Waals surface area contributed by atoms with Gasteiger partial charge in [-0.2, -0.15) is 0 Å². The third-order valence-electron chi connectivity index (χ3n) is 9.53. The summed E-state index contributed by atoms with van der Waals surface area (Å²) in [4.78, 5) is 5.80. The lowest BCUT2D eigenvalue weighted by molar-refractivity contribution is 1.07. The lowest BCUT2D eigenvalue weighted by atomic mass is 10.0. The molecule has 1 N–H and O–H groups in total. The molecule has 0 heterocycles. The molecule has 0 aliphatic heterocycles. The quantitative estimate of drug-likeness (QED) is 0.161. The fourth-order valence-electron chi connectivity index (χ4n) is 9.69. The number of rotatable bonds is 13. The number of nitrogens with zero attached hydrogens (tertiary/aromatic N) is 1. The first kappa shape index (κ1) is 42.1. The van der Waals surface area contributed by atoms with Crippen LogP contribution in [0.4, 0.5) is 11.4 Å². The van der Waals surface area contributed by atoms with E-state index in [1.54, 1.807) is 16.7 Å². The number of benzene rings is 2. The van der Waals surface area contributed by atoms with E-state index in [1.165, 1.54) is 16.9 Å². The van der Waals surface area contributed by atoms with Crippen molar-refractivity contribution in [2.75, 3.05) is 5.32 Å². The van der Waals surface area contributed by atoms with Gasteiger partial charge in [0, 0.05) is 65.5 Å². The largest absolute Gasteiger partial charge is 0.359 e. The summed E-state index contributed by atoms with van der Waals surface area (Å²) in [5.74, 6) is 0. The third kappa shape index (κ3) is 11.2. The average Bonchev–Trinajstić information content (AvgIpc) is 2.77. The van der Waals surface area contributed by atoms with E-state index in [-0.39, 0.29) is 0 Å². The highest BCUT2D eigenvalue weighted by Gasteiger charge is 2.46. The van der Waals surface area contributed by atoms with Crippen LogP contribution in [0.2, 0.25) is 118 Å².